The monoisotopic (exact) mass is 288 g/mol. The van der Waals surface area contributed by atoms with Crippen molar-refractivity contribution in [1.82, 2.24) is 5.32 Å². The van der Waals surface area contributed by atoms with Crippen LogP contribution < -0.4 is 10.1 Å². The topological polar surface area (TPSA) is 65.3 Å². The summed E-state index contributed by atoms with van der Waals surface area (Å²) < 4.78 is 5.52. The van der Waals surface area contributed by atoms with Gasteiger partial charge >= 0.3 is 0 Å². The predicted octanol–water partition coefficient (Wildman–Crippen LogP) is 2.47. The van der Waals surface area contributed by atoms with E-state index in [0.717, 1.165) is 5.92 Å². The van der Waals surface area contributed by atoms with Crippen molar-refractivity contribution in [3.63, 3.8) is 0 Å². The summed E-state index contributed by atoms with van der Waals surface area (Å²) in [6.07, 6.45) is 4.43. The lowest BCUT2D eigenvalue weighted by atomic mass is 9.87. The molecule has 2 rings (SSSR count). The van der Waals surface area contributed by atoms with Gasteiger partial charge in [0, 0.05) is 12.6 Å². The molecule has 4 nitrogen and oxygen atoms in total. The third-order valence-electron chi connectivity index (χ3n) is 4.08. The van der Waals surface area contributed by atoms with Gasteiger partial charge in [-0.15, -0.1) is 0 Å². The van der Waals surface area contributed by atoms with E-state index in [1.54, 1.807) is 24.3 Å². The smallest absolute Gasteiger partial charge is 0.119 e. The molecule has 0 radical (unpaired) electrons. The molecular weight excluding hydrogens is 264 g/mol. The largest absolute Gasteiger partial charge is 0.491 e. The number of nitrogens with one attached hydrogen (secondary N) is 1. The third-order valence-corrected chi connectivity index (χ3v) is 4.08. The summed E-state index contributed by atoms with van der Waals surface area (Å²) in [6, 6.07) is 9.52. The van der Waals surface area contributed by atoms with Gasteiger partial charge in [0.15, 0.2) is 0 Å². The van der Waals surface area contributed by atoms with Crippen molar-refractivity contribution in [3.8, 4) is 11.8 Å². The first-order chi connectivity index (χ1) is 10.2. The number of hydrogen-bond donors (Lipinski definition) is 2. The van der Waals surface area contributed by atoms with Crippen LogP contribution in [-0.4, -0.2) is 30.4 Å². The SMILES string of the molecule is CC1CCC(NCC(O)COc2ccc(C#N)cc2)CC1. The van der Waals surface area contributed by atoms with Gasteiger partial charge in [-0.05, 0) is 55.9 Å². The number of nitriles is 1. The molecule has 1 aliphatic carbocycles. The quantitative estimate of drug-likeness (QED) is 0.844. The number of aliphatic hydroxyl groups is 1. The highest BCUT2D eigenvalue weighted by atomic mass is 16.5. The van der Waals surface area contributed by atoms with Crippen molar-refractivity contribution < 1.29 is 9.84 Å². The van der Waals surface area contributed by atoms with Crippen molar-refractivity contribution in [2.45, 2.75) is 44.8 Å². The number of hydrogen-bond acceptors (Lipinski definition) is 4. The maximum atomic E-state index is 9.95. The van der Waals surface area contributed by atoms with Crippen molar-refractivity contribution >= 4 is 0 Å². The molecule has 1 aromatic rings. The van der Waals surface area contributed by atoms with Gasteiger partial charge in [-0.3, -0.25) is 0 Å². The Morgan fingerprint density at radius 3 is 2.57 bits per heavy atom. The number of ether oxygens (including phenoxy) is 1. The average molecular weight is 288 g/mol. The fourth-order valence-electron chi connectivity index (χ4n) is 2.64. The Bertz CT molecular complexity index is 459. The highest BCUT2D eigenvalue weighted by Gasteiger charge is 2.18. The Labute approximate surface area is 126 Å². The Morgan fingerprint density at radius 1 is 1.29 bits per heavy atom. The first-order valence-corrected chi connectivity index (χ1v) is 7.72. The van der Waals surface area contributed by atoms with E-state index in [1.165, 1.54) is 25.7 Å². The predicted molar refractivity (Wildman–Crippen MR) is 82.1 cm³/mol. The molecule has 21 heavy (non-hydrogen) atoms. The van der Waals surface area contributed by atoms with Gasteiger partial charge < -0.3 is 15.2 Å². The second kappa shape index (κ2) is 8.02. The highest BCUT2D eigenvalue weighted by molar-refractivity contribution is 5.34. The van der Waals surface area contributed by atoms with Crippen molar-refractivity contribution in [2.24, 2.45) is 5.92 Å². The van der Waals surface area contributed by atoms with Crippen LogP contribution in [0.15, 0.2) is 24.3 Å². The lowest BCUT2D eigenvalue weighted by Crippen LogP contribution is -2.39. The van der Waals surface area contributed by atoms with Crippen LogP contribution in [0.2, 0.25) is 0 Å². The molecule has 0 aliphatic heterocycles. The second-order valence-corrected chi connectivity index (χ2v) is 5.97. The molecule has 2 N–H and O–H groups in total. The van der Waals surface area contributed by atoms with E-state index in [9.17, 15) is 5.11 Å². The van der Waals surface area contributed by atoms with Gasteiger partial charge in [0.1, 0.15) is 18.5 Å². The van der Waals surface area contributed by atoms with Gasteiger partial charge in [0.25, 0.3) is 0 Å². The van der Waals surface area contributed by atoms with Crippen LogP contribution in [0.5, 0.6) is 5.75 Å². The first-order valence-electron chi connectivity index (χ1n) is 7.72. The highest BCUT2D eigenvalue weighted by Crippen LogP contribution is 2.23. The minimum Gasteiger partial charge on any atom is -0.491 e. The van der Waals surface area contributed by atoms with Crippen LogP contribution in [0.1, 0.15) is 38.2 Å². The van der Waals surface area contributed by atoms with E-state index in [0.29, 0.717) is 23.9 Å². The zero-order valence-corrected chi connectivity index (χ0v) is 12.6. The average Bonchev–Trinajstić information content (AvgIpc) is 2.53. The summed E-state index contributed by atoms with van der Waals surface area (Å²) in [7, 11) is 0. The maximum absolute atomic E-state index is 9.95. The number of rotatable bonds is 6. The molecule has 4 heteroatoms. The Kier molecular flexibility index (Phi) is 6.04. The van der Waals surface area contributed by atoms with E-state index in [4.69, 9.17) is 10.00 Å². The van der Waals surface area contributed by atoms with Crippen LogP contribution >= 0.6 is 0 Å². The molecule has 114 valence electrons. The number of nitrogens with zero attached hydrogens (tertiary/aromatic N) is 1. The number of benzene rings is 1. The zero-order chi connectivity index (χ0) is 15.1. The Morgan fingerprint density at radius 2 is 1.95 bits per heavy atom. The molecular formula is C17H24N2O2. The molecule has 1 fully saturated rings. The van der Waals surface area contributed by atoms with E-state index < -0.39 is 6.10 Å². The Hall–Kier alpha value is -1.57. The molecule has 1 unspecified atom stereocenters. The van der Waals surface area contributed by atoms with Gasteiger partial charge in [-0.2, -0.15) is 5.26 Å². The van der Waals surface area contributed by atoms with Crippen molar-refractivity contribution in [1.29, 1.82) is 5.26 Å². The molecule has 0 aromatic heterocycles. The third kappa shape index (κ3) is 5.37. The standard InChI is InChI=1S/C17H24N2O2/c1-13-2-6-15(7-3-13)19-11-16(20)12-21-17-8-4-14(10-18)5-9-17/h4-5,8-9,13,15-16,19-20H,2-3,6-7,11-12H2,1H3. The molecule has 0 bridgehead atoms. The van der Waals surface area contributed by atoms with Gasteiger partial charge in [-0.1, -0.05) is 6.92 Å². The van der Waals surface area contributed by atoms with Crippen LogP contribution in [-0.2, 0) is 0 Å². The summed E-state index contributed by atoms with van der Waals surface area (Å²) in [5.74, 6) is 1.52. The molecule has 1 aliphatic rings. The first kappa shape index (κ1) is 15.8. The molecule has 0 amide bonds. The minimum absolute atomic E-state index is 0.266. The van der Waals surface area contributed by atoms with Crippen LogP contribution in [0.25, 0.3) is 0 Å². The van der Waals surface area contributed by atoms with Gasteiger partial charge in [-0.25, -0.2) is 0 Å². The summed E-state index contributed by atoms with van der Waals surface area (Å²) in [6.45, 7) is 3.13. The lowest BCUT2D eigenvalue weighted by molar-refractivity contribution is 0.101. The molecule has 1 saturated carbocycles. The molecule has 0 saturated heterocycles. The van der Waals surface area contributed by atoms with E-state index in [2.05, 4.69) is 18.3 Å². The minimum atomic E-state index is -0.514. The maximum Gasteiger partial charge on any atom is 0.119 e. The normalized spacial score (nSPS) is 23.3. The second-order valence-electron chi connectivity index (χ2n) is 5.97. The van der Waals surface area contributed by atoms with Crippen LogP contribution in [0.3, 0.4) is 0 Å². The van der Waals surface area contributed by atoms with E-state index in [1.807, 2.05) is 0 Å². The molecule has 0 spiro atoms. The molecule has 1 atom stereocenters. The summed E-state index contributed by atoms with van der Waals surface area (Å²) in [5.41, 5.74) is 0.607. The number of aliphatic hydroxyl groups excluding tert-OH is 1. The van der Waals surface area contributed by atoms with Crippen LogP contribution in [0, 0.1) is 17.2 Å². The van der Waals surface area contributed by atoms with E-state index in [-0.39, 0.29) is 6.61 Å². The summed E-state index contributed by atoms with van der Waals surface area (Å²) in [5, 5.41) is 22.1. The van der Waals surface area contributed by atoms with Gasteiger partial charge in [0.05, 0.1) is 11.6 Å². The zero-order valence-electron chi connectivity index (χ0n) is 12.6. The molecule has 1 aromatic carbocycles. The summed E-state index contributed by atoms with van der Waals surface area (Å²) in [4.78, 5) is 0. The Balaban J connectivity index is 1.65. The van der Waals surface area contributed by atoms with Gasteiger partial charge in [0.2, 0.25) is 0 Å². The van der Waals surface area contributed by atoms with E-state index >= 15 is 0 Å². The fraction of sp³-hybridized carbons (Fsp3) is 0.588. The molecule has 0 heterocycles. The van der Waals surface area contributed by atoms with Crippen LogP contribution in [0.4, 0.5) is 0 Å². The fourth-order valence-corrected chi connectivity index (χ4v) is 2.64. The lowest BCUT2D eigenvalue weighted by Gasteiger charge is -2.27. The van der Waals surface area contributed by atoms with Crippen molar-refractivity contribution in [3.05, 3.63) is 29.8 Å². The van der Waals surface area contributed by atoms with Crippen molar-refractivity contribution in [2.75, 3.05) is 13.2 Å². The summed E-state index contributed by atoms with van der Waals surface area (Å²) >= 11 is 0.